The maximum atomic E-state index is 11.1. The Hall–Kier alpha value is -2.66. The molecule has 2 heterocycles. The third-order valence-corrected chi connectivity index (χ3v) is 4.02. The number of ether oxygens (including phenoxy) is 1. The molecule has 0 atom stereocenters. The summed E-state index contributed by atoms with van der Waals surface area (Å²) in [5.41, 5.74) is 1.00. The standard InChI is InChI=1S/C16H11NO3S/c1-2-10-3-5-11(6-4-10)20-13-8-17-9-15-12(13)7-14(21-15)16(18)19/h2-9H,1H2,(H,18,19). The Balaban J connectivity index is 1.99. The maximum Gasteiger partial charge on any atom is 0.345 e. The molecule has 5 heteroatoms. The van der Waals surface area contributed by atoms with E-state index >= 15 is 0 Å². The monoisotopic (exact) mass is 297 g/mol. The zero-order valence-electron chi connectivity index (χ0n) is 10.9. The summed E-state index contributed by atoms with van der Waals surface area (Å²) in [6.07, 6.45) is 4.98. The summed E-state index contributed by atoms with van der Waals surface area (Å²) in [7, 11) is 0. The Morgan fingerprint density at radius 1 is 1.29 bits per heavy atom. The van der Waals surface area contributed by atoms with Crippen LogP contribution in [0.1, 0.15) is 15.2 Å². The number of benzene rings is 1. The second kappa shape index (κ2) is 5.38. The van der Waals surface area contributed by atoms with Gasteiger partial charge in [0.2, 0.25) is 0 Å². The summed E-state index contributed by atoms with van der Waals surface area (Å²) in [6.45, 7) is 3.70. The number of hydrogen-bond donors (Lipinski definition) is 1. The van der Waals surface area contributed by atoms with Gasteiger partial charge in [0.05, 0.1) is 10.9 Å². The maximum absolute atomic E-state index is 11.1. The second-order valence-electron chi connectivity index (χ2n) is 4.34. The summed E-state index contributed by atoms with van der Waals surface area (Å²) in [5, 5.41) is 9.81. The largest absolute Gasteiger partial charge is 0.477 e. The number of aromatic carboxylic acids is 1. The topological polar surface area (TPSA) is 59.4 Å². The van der Waals surface area contributed by atoms with Crippen LogP contribution in [-0.2, 0) is 0 Å². The average Bonchev–Trinajstić information content (AvgIpc) is 2.93. The van der Waals surface area contributed by atoms with E-state index < -0.39 is 5.97 Å². The van der Waals surface area contributed by atoms with Crippen LogP contribution in [0.4, 0.5) is 0 Å². The highest BCUT2D eigenvalue weighted by atomic mass is 32.1. The van der Waals surface area contributed by atoms with E-state index in [1.165, 1.54) is 11.3 Å². The average molecular weight is 297 g/mol. The van der Waals surface area contributed by atoms with Gasteiger partial charge in [-0.25, -0.2) is 4.79 Å². The molecule has 4 nitrogen and oxygen atoms in total. The van der Waals surface area contributed by atoms with E-state index in [9.17, 15) is 4.79 Å². The lowest BCUT2D eigenvalue weighted by molar-refractivity contribution is 0.0702. The molecular weight excluding hydrogens is 286 g/mol. The number of carboxylic acid groups (broad SMARTS) is 1. The van der Waals surface area contributed by atoms with E-state index in [1.807, 2.05) is 24.3 Å². The Morgan fingerprint density at radius 2 is 2.05 bits per heavy atom. The fourth-order valence-electron chi connectivity index (χ4n) is 1.92. The first-order valence-corrected chi connectivity index (χ1v) is 7.00. The van der Waals surface area contributed by atoms with E-state index in [2.05, 4.69) is 11.6 Å². The van der Waals surface area contributed by atoms with Gasteiger partial charge in [-0.1, -0.05) is 24.8 Å². The molecule has 1 aromatic carbocycles. The van der Waals surface area contributed by atoms with Gasteiger partial charge in [0.15, 0.2) is 5.75 Å². The predicted molar refractivity (Wildman–Crippen MR) is 83.2 cm³/mol. The van der Waals surface area contributed by atoms with Gasteiger partial charge in [0.25, 0.3) is 0 Å². The fraction of sp³-hybridized carbons (Fsp3) is 0. The minimum Gasteiger partial charge on any atom is -0.477 e. The summed E-state index contributed by atoms with van der Waals surface area (Å²) < 4.78 is 6.59. The third kappa shape index (κ3) is 2.64. The van der Waals surface area contributed by atoms with Crippen LogP contribution in [0.3, 0.4) is 0 Å². The van der Waals surface area contributed by atoms with Crippen molar-refractivity contribution >= 4 is 33.5 Å². The number of pyridine rings is 1. The fourth-order valence-corrected chi connectivity index (χ4v) is 2.81. The molecule has 0 bridgehead atoms. The second-order valence-corrected chi connectivity index (χ2v) is 5.42. The van der Waals surface area contributed by atoms with E-state index in [-0.39, 0.29) is 4.88 Å². The van der Waals surface area contributed by atoms with Gasteiger partial charge in [0, 0.05) is 11.6 Å². The van der Waals surface area contributed by atoms with Gasteiger partial charge in [-0.15, -0.1) is 11.3 Å². The molecule has 1 N–H and O–H groups in total. The number of hydrogen-bond acceptors (Lipinski definition) is 4. The molecule has 104 valence electrons. The minimum absolute atomic E-state index is 0.268. The molecule has 0 aliphatic carbocycles. The first kappa shape index (κ1) is 13.3. The van der Waals surface area contributed by atoms with Crippen molar-refractivity contribution < 1.29 is 14.6 Å². The van der Waals surface area contributed by atoms with Crippen molar-refractivity contribution in [2.75, 3.05) is 0 Å². The lowest BCUT2D eigenvalue weighted by Crippen LogP contribution is -1.90. The van der Waals surface area contributed by atoms with E-state index in [1.54, 1.807) is 24.5 Å². The van der Waals surface area contributed by atoms with Crippen LogP contribution in [0.25, 0.3) is 16.2 Å². The number of thiophene rings is 1. The van der Waals surface area contributed by atoms with Crippen molar-refractivity contribution in [3.05, 3.63) is 59.7 Å². The number of nitrogens with zero attached hydrogens (tertiary/aromatic N) is 1. The third-order valence-electron chi connectivity index (χ3n) is 2.96. The van der Waals surface area contributed by atoms with Crippen LogP contribution >= 0.6 is 11.3 Å². The highest BCUT2D eigenvalue weighted by molar-refractivity contribution is 7.20. The SMILES string of the molecule is C=Cc1ccc(Oc2cncc3sc(C(=O)O)cc23)cc1. The Morgan fingerprint density at radius 3 is 2.71 bits per heavy atom. The van der Waals surface area contributed by atoms with Crippen LogP contribution in [-0.4, -0.2) is 16.1 Å². The summed E-state index contributed by atoms with van der Waals surface area (Å²) in [4.78, 5) is 15.4. The van der Waals surface area contributed by atoms with Crippen LogP contribution in [0, 0.1) is 0 Å². The van der Waals surface area contributed by atoms with E-state index in [0.29, 0.717) is 11.5 Å². The lowest BCUT2D eigenvalue weighted by Gasteiger charge is -2.06. The van der Waals surface area contributed by atoms with Crippen LogP contribution in [0.15, 0.2) is 49.3 Å². The Labute approximate surface area is 125 Å². The molecule has 0 amide bonds. The summed E-state index contributed by atoms with van der Waals surface area (Å²) in [6, 6.07) is 9.07. The zero-order valence-corrected chi connectivity index (χ0v) is 11.8. The molecule has 21 heavy (non-hydrogen) atoms. The molecule has 3 aromatic rings. The van der Waals surface area contributed by atoms with E-state index in [0.717, 1.165) is 15.6 Å². The lowest BCUT2D eigenvalue weighted by atomic mass is 10.2. The molecule has 2 aromatic heterocycles. The van der Waals surface area contributed by atoms with E-state index in [4.69, 9.17) is 9.84 Å². The molecule has 0 aliphatic heterocycles. The van der Waals surface area contributed by atoms with Gasteiger partial charge in [-0.3, -0.25) is 4.98 Å². The van der Waals surface area contributed by atoms with Crippen molar-refractivity contribution in [2.45, 2.75) is 0 Å². The first-order valence-electron chi connectivity index (χ1n) is 6.18. The summed E-state index contributed by atoms with van der Waals surface area (Å²) in [5.74, 6) is 0.262. The number of rotatable bonds is 4. The molecular formula is C16H11NO3S. The molecule has 3 rings (SSSR count). The molecule has 0 radical (unpaired) electrons. The molecule has 0 fully saturated rings. The Kier molecular flexibility index (Phi) is 3.41. The van der Waals surface area contributed by atoms with Gasteiger partial charge in [-0.05, 0) is 23.8 Å². The minimum atomic E-state index is -0.947. The van der Waals surface area contributed by atoms with Crippen LogP contribution < -0.4 is 4.74 Å². The number of aromatic nitrogens is 1. The smallest absolute Gasteiger partial charge is 0.345 e. The normalized spacial score (nSPS) is 10.5. The van der Waals surface area contributed by atoms with Crippen LogP contribution in [0.5, 0.6) is 11.5 Å². The first-order chi connectivity index (χ1) is 10.2. The number of carbonyl (C=O) groups is 1. The summed E-state index contributed by atoms with van der Waals surface area (Å²) >= 11 is 1.18. The van der Waals surface area contributed by atoms with Crippen molar-refractivity contribution in [3.8, 4) is 11.5 Å². The molecule has 0 saturated heterocycles. The number of carboxylic acids is 1. The van der Waals surface area contributed by atoms with Gasteiger partial charge < -0.3 is 9.84 Å². The Bertz CT molecular complexity index is 821. The van der Waals surface area contributed by atoms with Crippen LogP contribution in [0.2, 0.25) is 0 Å². The van der Waals surface area contributed by atoms with Crippen molar-refractivity contribution in [3.63, 3.8) is 0 Å². The van der Waals surface area contributed by atoms with Crippen molar-refractivity contribution in [1.29, 1.82) is 0 Å². The van der Waals surface area contributed by atoms with Crippen molar-refractivity contribution in [1.82, 2.24) is 4.98 Å². The molecule has 0 spiro atoms. The molecule has 0 unspecified atom stereocenters. The highest BCUT2D eigenvalue weighted by Gasteiger charge is 2.12. The van der Waals surface area contributed by atoms with Gasteiger partial charge in [0.1, 0.15) is 10.6 Å². The van der Waals surface area contributed by atoms with Gasteiger partial charge in [-0.2, -0.15) is 0 Å². The van der Waals surface area contributed by atoms with Crippen molar-refractivity contribution in [2.24, 2.45) is 0 Å². The predicted octanol–water partition coefficient (Wildman–Crippen LogP) is 4.43. The van der Waals surface area contributed by atoms with Gasteiger partial charge >= 0.3 is 5.97 Å². The zero-order chi connectivity index (χ0) is 14.8. The quantitative estimate of drug-likeness (QED) is 0.774. The molecule has 0 saturated carbocycles. The number of fused-ring (bicyclic) bond motifs is 1. The molecule has 0 aliphatic rings. The highest BCUT2D eigenvalue weighted by Crippen LogP contribution is 2.34.